The third kappa shape index (κ3) is 5.17. The third-order valence-corrected chi connectivity index (χ3v) is 3.70. The Morgan fingerprint density at radius 1 is 1.35 bits per heavy atom. The lowest BCUT2D eigenvalue weighted by molar-refractivity contribution is -0.137. The Hall–Kier alpha value is -2.22. The molecule has 4 nitrogen and oxygen atoms in total. The van der Waals surface area contributed by atoms with E-state index in [9.17, 15) is 18.0 Å². The average molecular weight is 341 g/mol. The normalized spacial score (nSPS) is 11.8. The molecule has 0 aliphatic carbocycles. The van der Waals surface area contributed by atoms with Gasteiger partial charge in [0.1, 0.15) is 5.01 Å². The lowest BCUT2D eigenvalue weighted by Crippen LogP contribution is -2.07. The summed E-state index contributed by atoms with van der Waals surface area (Å²) < 4.78 is 37.8. The molecule has 0 aliphatic rings. The van der Waals surface area contributed by atoms with Gasteiger partial charge in [0.15, 0.2) is 0 Å². The zero-order valence-electron chi connectivity index (χ0n) is 12.2. The largest absolute Gasteiger partial charge is 0.416 e. The average Bonchev–Trinajstić information content (AvgIpc) is 2.92. The van der Waals surface area contributed by atoms with Crippen molar-refractivity contribution >= 4 is 28.5 Å². The van der Waals surface area contributed by atoms with Crippen LogP contribution < -0.4 is 5.32 Å². The fourth-order valence-corrected chi connectivity index (χ4v) is 2.60. The summed E-state index contributed by atoms with van der Waals surface area (Å²) in [5.74, 6) is -0.471. The molecule has 122 valence electrons. The van der Waals surface area contributed by atoms with Gasteiger partial charge in [-0.1, -0.05) is 30.4 Å². The maximum Gasteiger partial charge on any atom is 0.416 e. The third-order valence-electron chi connectivity index (χ3n) is 2.80. The number of alkyl halides is 3. The number of carbonyl (C=O) groups excluding carboxylic acids is 1. The van der Waals surface area contributed by atoms with Gasteiger partial charge >= 0.3 is 6.18 Å². The smallest absolute Gasteiger partial charge is 0.297 e. The molecule has 0 bridgehead atoms. The van der Waals surface area contributed by atoms with E-state index >= 15 is 0 Å². The number of aromatic nitrogens is 2. The zero-order valence-corrected chi connectivity index (χ0v) is 13.0. The van der Waals surface area contributed by atoms with E-state index in [0.717, 1.165) is 36.1 Å². The van der Waals surface area contributed by atoms with Gasteiger partial charge < -0.3 is 0 Å². The zero-order chi connectivity index (χ0) is 16.9. The van der Waals surface area contributed by atoms with E-state index in [4.69, 9.17) is 0 Å². The van der Waals surface area contributed by atoms with Crippen LogP contribution in [0.3, 0.4) is 0 Å². The monoisotopic (exact) mass is 341 g/mol. The standard InChI is InChI=1S/C15H14F3N3OS/c1-2-4-13-20-21-14(23-13)19-12(22)8-7-10-5-3-6-11(9-10)15(16,17)18/h3,5-9H,2,4H2,1H3,(H,19,21,22)/b8-7+. The van der Waals surface area contributed by atoms with Crippen LogP contribution >= 0.6 is 11.3 Å². The van der Waals surface area contributed by atoms with Crippen LogP contribution in [0.2, 0.25) is 0 Å². The number of hydrogen-bond acceptors (Lipinski definition) is 4. The molecular weight excluding hydrogens is 327 g/mol. The first-order chi connectivity index (χ1) is 10.9. The molecule has 1 N–H and O–H groups in total. The fraction of sp³-hybridized carbons (Fsp3) is 0.267. The molecule has 0 unspecified atom stereocenters. The van der Waals surface area contributed by atoms with Crippen LogP contribution in [0.5, 0.6) is 0 Å². The minimum atomic E-state index is -4.41. The molecule has 1 heterocycles. The van der Waals surface area contributed by atoms with Crippen molar-refractivity contribution in [2.75, 3.05) is 5.32 Å². The van der Waals surface area contributed by atoms with Crippen LogP contribution in [0.4, 0.5) is 18.3 Å². The Balaban J connectivity index is 2.00. The number of aryl methyl sites for hydroxylation is 1. The van der Waals surface area contributed by atoms with Crippen molar-refractivity contribution in [2.45, 2.75) is 25.9 Å². The number of rotatable bonds is 5. The molecule has 0 saturated carbocycles. The summed E-state index contributed by atoms with van der Waals surface area (Å²) >= 11 is 1.28. The van der Waals surface area contributed by atoms with Crippen LogP contribution in [0, 0.1) is 0 Å². The van der Waals surface area contributed by atoms with Crippen LogP contribution in [0.1, 0.15) is 29.5 Å². The number of nitrogens with zero attached hydrogens (tertiary/aromatic N) is 2. The fourth-order valence-electron chi connectivity index (χ4n) is 1.76. The summed E-state index contributed by atoms with van der Waals surface area (Å²) in [5, 5.41) is 11.5. The van der Waals surface area contributed by atoms with E-state index in [1.54, 1.807) is 0 Å². The first-order valence-corrected chi connectivity index (χ1v) is 7.69. The van der Waals surface area contributed by atoms with Crippen LogP contribution in [0.15, 0.2) is 30.3 Å². The Bertz CT molecular complexity index is 710. The first kappa shape index (κ1) is 17.1. The summed E-state index contributed by atoms with van der Waals surface area (Å²) in [6, 6.07) is 4.74. The van der Waals surface area contributed by atoms with E-state index in [1.807, 2.05) is 6.92 Å². The SMILES string of the molecule is CCCc1nnc(NC(=O)/C=C/c2cccc(C(F)(F)F)c2)s1. The number of carbonyl (C=O) groups is 1. The second-order valence-electron chi connectivity index (χ2n) is 4.70. The van der Waals surface area contributed by atoms with E-state index in [1.165, 1.54) is 29.5 Å². The van der Waals surface area contributed by atoms with Gasteiger partial charge in [-0.2, -0.15) is 13.2 Å². The highest BCUT2D eigenvalue weighted by Crippen LogP contribution is 2.29. The molecular formula is C15H14F3N3OS. The van der Waals surface area contributed by atoms with Gasteiger partial charge in [-0.05, 0) is 30.2 Å². The molecule has 0 spiro atoms. The summed E-state index contributed by atoms with van der Waals surface area (Å²) in [7, 11) is 0. The molecule has 2 rings (SSSR count). The van der Waals surface area contributed by atoms with Gasteiger partial charge in [0.2, 0.25) is 11.0 Å². The van der Waals surface area contributed by atoms with E-state index in [-0.39, 0.29) is 0 Å². The molecule has 1 amide bonds. The second-order valence-corrected chi connectivity index (χ2v) is 5.76. The molecule has 1 aromatic heterocycles. The number of halogens is 3. The summed E-state index contributed by atoms with van der Waals surface area (Å²) in [5.41, 5.74) is -0.465. The highest BCUT2D eigenvalue weighted by Gasteiger charge is 2.30. The number of anilines is 1. The lowest BCUT2D eigenvalue weighted by atomic mass is 10.1. The molecule has 0 fully saturated rings. The van der Waals surface area contributed by atoms with Crippen LogP contribution in [-0.4, -0.2) is 16.1 Å². The molecule has 1 aromatic carbocycles. The van der Waals surface area contributed by atoms with Crippen molar-refractivity contribution in [1.82, 2.24) is 10.2 Å². The van der Waals surface area contributed by atoms with Crippen molar-refractivity contribution in [3.05, 3.63) is 46.5 Å². The maximum atomic E-state index is 12.6. The molecule has 2 aromatic rings. The molecule has 0 saturated heterocycles. The quantitative estimate of drug-likeness (QED) is 0.831. The van der Waals surface area contributed by atoms with E-state index in [0.29, 0.717) is 10.7 Å². The van der Waals surface area contributed by atoms with Gasteiger partial charge in [0, 0.05) is 12.5 Å². The highest BCUT2D eigenvalue weighted by atomic mass is 32.1. The van der Waals surface area contributed by atoms with E-state index < -0.39 is 17.6 Å². The van der Waals surface area contributed by atoms with Crippen LogP contribution in [-0.2, 0) is 17.4 Å². The Labute approximate surface area is 135 Å². The molecule has 8 heteroatoms. The van der Waals surface area contributed by atoms with Gasteiger partial charge in [0.05, 0.1) is 5.56 Å². The van der Waals surface area contributed by atoms with Crippen molar-refractivity contribution in [3.63, 3.8) is 0 Å². The molecule has 23 heavy (non-hydrogen) atoms. The number of hydrogen-bond donors (Lipinski definition) is 1. The van der Waals surface area contributed by atoms with Gasteiger partial charge in [-0.3, -0.25) is 10.1 Å². The van der Waals surface area contributed by atoms with Gasteiger partial charge in [-0.25, -0.2) is 0 Å². The number of nitrogens with one attached hydrogen (secondary N) is 1. The first-order valence-electron chi connectivity index (χ1n) is 6.87. The summed E-state index contributed by atoms with van der Waals surface area (Å²) in [6.07, 6.45) is -0.213. The Kier molecular flexibility index (Phi) is 5.49. The van der Waals surface area contributed by atoms with Crippen molar-refractivity contribution in [1.29, 1.82) is 0 Å². The summed E-state index contributed by atoms with van der Waals surface area (Å²) in [6.45, 7) is 2.01. The Morgan fingerprint density at radius 2 is 2.13 bits per heavy atom. The predicted octanol–water partition coefficient (Wildman–Crippen LogP) is 4.16. The van der Waals surface area contributed by atoms with Gasteiger partial charge in [-0.15, -0.1) is 10.2 Å². The Morgan fingerprint density at radius 3 is 2.83 bits per heavy atom. The summed E-state index contributed by atoms with van der Waals surface area (Å²) in [4.78, 5) is 11.8. The highest BCUT2D eigenvalue weighted by molar-refractivity contribution is 7.15. The number of amides is 1. The van der Waals surface area contributed by atoms with Crippen LogP contribution in [0.25, 0.3) is 6.08 Å². The van der Waals surface area contributed by atoms with Crippen molar-refractivity contribution < 1.29 is 18.0 Å². The maximum absolute atomic E-state index is 12.6. The van der Waals surface area contributed by atoms with E-state index in [2.05, 4.69) is 15.5 Å². The molecule has 0 aliphatic heterocycles. The van der Waals surface area contributed by atoms with Crippen molar-refractivity contribution in [2.24, 2.45) is 0 Å². The molecule has 0 radical (unpaired) electrons. The minimum absolute atomic E-state index is 0.291. The number of benzene rings is 1. The van der Waals surface area contributed by atoms with Gasteiger partial charge in [0.25, 0.3) is 0 Å². The van der Waals surface area contributed by atoms with Crippen molar-refractivity contribution in [3.8, 4) is 0 Å². The molecule has 0 atom stereocenters. The second kappa shape index (κ2) is 7.36. The minimum Gasteiger partial charge on any atom is -0.297 e. The topological polar surface area (TPSA) is 54.9 Å². The lowest BCUT2D eigenvalue weighted by Gasteiger charge is -2.06. The predicted molar refractivity (Wildman–Crippen MR) is 83.0 cm³/mol.